The molecule has 9 nitrogen and oxygen atoms in total. The number of nitrogen functional groups attached to an aromatic ring is 1. The SMILES string of the molecule is CC(C)N(C[C@@H]1C[C@@H](O)[C@H](n2ccc3c(N)ncnc32)O1)[C@H]1C[C@@H](CCc2nc3cc(C(C)(C)C)ccc3[nH]2)C1. The van der Waals surface area contributed by atoms with Crippen molar-refractivity contribution in [2.75, 3.05) is 12.3 Å². The average molecular weight is 546 g/mol. The molecule has 214 valence electrons. The molecule has 1 saturated carbocycles. The van der Waals surface area contributed by atoms with Crippen molar-refractivity contribution in [1.29, 1.82) is 0 Å². The van der Waals surface area contributed by atoms with Crippen molar-refractivity contribution in [3.8, 4) is 0 Å². The number of fused-ring (bicyclic) bond motifs is 2. The van der Waals surface area contributed by atoms with Crippen LogP contribution >= 0.6 is 0 Å². The van der Waals surface area contributed by atoms with Gasteiger partial charge in [-0.05, 0) is 68.2 Å². The summed E-state index contributed by atoms with van der Waals surface area (Å²) in [4.78, 5) is 19.5. The molecule has 4 aromatic rings. The molecule has 4 heterocycles. The van der Waals surface area contributed by atoms with E-state index in [1.54, 1.807) is 0 Å². The number of hydrogen-bond donors (Lipinski definition) is 3. The highest BCUT2D eigenvalue weighted by Crippen LogP contribution is 2.38. The highest BCUT2D eigenvalue weighted by atomic mass is 16.5. The number of anilines is 1. The van der Waals surface area contributed by atoms with E-state index in [9.17, 15) is 5.11 Å². The van der Waals surface area contributed by atoms with Crippen LogP contribution in [0.1, 0.15) is 77.9 Å². The number of benzene rings is 1. The highest BCUT2D eigenvalue weighted by Gasteiger charge is 2.40. The fraction of sp³-hybridized carbons (Fsp3) is 0.581. The van der Waals surface area contributed by atoms with Crippen LogP contribution in [0.2, 0.25) is 0 Å². The van der Waals surface area contributed by atoms with Gasteiger partial charge in [0.05, 0.1) is 22.5 Å². The van der Waals surface area contributed by atoms with Gasteiger partial charge in [-0.2, -0.15) is 0 Å². The summed E-state index contributed by atoms with van der Waals surface area (Å²) in [7, 11) is 0. The third kappa shape index (κ3) is 5.22. The Hall–Kier alpha value is -3.01. The maximum atomic E-state index is 10.9. The summed E-state index contributed by atoms with van der Waals surface area (Å²) < 4.78 is 8.30. The maximum Gasteiger partial charge on any atom is 0.161 e. The van der Waals surface area contributed by atoms with Gasteiger partial charge in [-0.25, -0.2) is 15.0 Å². The third-order valence-corrected chi connectivity index (χ3v) is 8.92. The van der Waals surface area contributed by atoms with E-state index in [1.807, 2.05) is 16.8 Å². The lowest BCUT2D eigenvalue weighted by Crippen LogP contribution is -2.50. The van der Waals surface area contributed by atoms with Crippen LogP contribution in [0.4, 0.5) is 5.82 Å². The van der Waals surface area contributed by atoms with Crippen molar-refractivity contribution in [2.45, 2.75) is 103 Å². The first-order valence-corrected chi connectivity index (χ1v) is 14.7. The lowest BCUT2D eigenvalue weighted by Gasteiger charge is -2.46. The van der Waals surface area contributed by atoms with Gasteiger partial charge in [0.2, 0.25) is 0 Å². The lowest BCUT2D eigenvalue weighted by atomic mass is 9.76. The quantitative estimate of drug-likeness (QED) is 0.286. The highest BCUT2D eigenvalue weighted by molar-refractivity contribution is 5.86. The number of aromatic amines is 1. The van der Waals surface area contributed by atoms with Gasteiger partial charge < -0.3 is 25.1 Å². The molecule has 6 rings (SSSR count). The van der Waals surface area contributed by atoms with Gasteiger partial charge >= 0.3 is 0 Å². The minimum atomic E-state index is -0.594. The number of H-pyrrole nitrogens is 1. The standard InChI is InChI=1S/C31H43N7O2/c1-18(2)38(16-22-15-26(39)30(40-22)37-11-10-23-28(32)33-17-34-29(23)37)21-12-19(13-21)6-9-27-35-24-8-7-20(31(3,4)5)14-25(24)36-27/h7-8,10-11,14,17-19,21-22,26,30,39H,6,9,12-13,15-16H2,1-5H3,(H,35,36)(H2,32,33,34)/t19-,21+,22-,26+,30+/m0/s1. The number of nitrogens with one attached hydrogen (secondary N) is 1. The molecule has 0 amide bonds. The predicted octanol–water partition coefficient (Wildman–Crippen LogP) is 4.96. The molecule has 1 aromatic carbocycles. The molecule has 2 fully saturated rings. The predicted molar refractivity (Wildman–Crippen MR) is 158 cm³/mol. The average Bonchev–Trinajstić information content (AvgIpc) is 3.57. The Bertz CT molecular complexity index is 1480. The zero-order valence-corrected chi connectivity index (χ0v) is 24.3. The van der Waals surface area contributed by atoms with E-state index in [1.165, 1.54) is 24.7 Å². The number of ether oxygens (including phenoxy) is 1. The Morgan fingerprint density at radius 2 is 1.98 bits per heavy atom. The fourth-order valence-electron chi connectivity index (χ4n) is 6.50. The number of imidazole rings is 1. The minimum absolute atomic E-state index is 0.0355. The van der Waals surface area contributed by atoms with Crippen LogP contribution in [0, 0.1) is 5.92 Å². The van der Waals surface area contributed by atoms with Gasteiger partial charge in [0.15, 0.2) is 6.23 Å². The molecule has 40 heavy (non-hydrogen) atoms. The van der Waals surface area contributed by atoms with E-state index in [0.717, 1.165) is 41.6 Å². The van der Waals surface area contributed by atoms with Crippen LogP contribution in [0.3, 0.4) is 0 Å². The molecular formula is C31H43N7O2. The molecule has 2 aliphatic rings. The molecule has 4 N–H and O–H groups in total. The third-order valence-electron chi connectivity index (χ3n) is 8.92. The number of rotatable bonds is 8. The molecule has 1 aliphatic carbocycles. The molecule has 0 unspecified atom stereocenters. The van der Waals surface area contributed by atoms with Crippen molar-refractivity contribution in [3.63, 3.8) is 0 Å². The second-order valence-corrected chi connectivity index (χ2v) is 13.2. The zero-order valence-electron chi connectivity index (χ0n) is 24.3. The number of aryl methyl sites for hydroxylation is 1. The molecule has 0 radical (unpaired) electrons. The molecule has 1 saturated heterocycles. The van der Waals surface area contributed by atoms with Crippen LogP contribution in [-0.2, 0) is 16.6 Å². The lowest BCUT2D eigenvalue weighted by molar-refractivity contribution is -0.0575. The number of aromatic nitrogens is 5. The number of aliphatic hydroxyl groups is 1. The summed E-state index contributed by atoms with van der Waals surface area (Å²) in [5, 5.41) is 11.7. The van der Waals surface area contributed by atoms with Crippen LogP contribution in [-0.4, -0.2) is 65.3 Å². The van der Waals surface area contributed by atoms with Crippen molar-refractivity contribution in [2.24, 2.45) is 5.92 Å². The summed E-state index contributed by atoms with van der Waals surface area (Å²) in [6, 6.07) is 9.46. The molecule has 0 spiro atoms. The first kappa shape index (κ1) is 27.2. The Labute approximate surface area is 236 Å². The van der Waals surface area contributed by atoms with E-state index in [0.29, 0.717) is 35.9 Å². The van der Waals surface area contributed by atoms with E-state index in [2.05, 4.69) is 72.7 Å². The van der Waals surface area contributed by atoms with E-state index in [-0.39, 0.29) is 11.5 Å². The van der Waals surface area contributed by atoms with E-state index >= 15 is 0 Å². The molecule has 9 heteroatoms. The maximum absolute atomic E-state index is 10.9. The summed E-state index contributed by atoms with van der Waals surface area (Å²) in [5.41, 5.74) is 10.3. The van der Waals surface area contributed by atoms with Crippen LogP contribution in [0.25, 0.3) is 22.1 Å². The van der Waals surface area contributed by atoms with Crippen molar-refractivity contribution in [1.82, 2.24) is 29.4 Å². The fourth-order valence-corrected chi connectivity index (χ4v) is 6.50. The Kier molecular flexibility index (Phi) is 7.09. The van der Waals surface area contributed by atoms with Gasteiger partial charge in [0.25, 0.3) is 0 Å². The van der Waals surface area contributed by atoms with Crippen LogP contribution < -0.4 is 5.73 Å². The number of nitrogens with two attached hydrogens (primary N) is 1. The molecule has 0 bridgehead atoms. The monoisotopic (exact) mass is 545 g/mol. The summed E-state index contributed by atoms with van der Waals surface area (Å²) in [5.74, 6) is 2.24. The number of hydrogen-bond acceptors (Lipinski definition) is 7. The van der Waals surface area contributed by atoms with Gasteiger partial charge in [0, 0.05) is 37.7 Å². The first-order chi connectivity index (χ1) is 19.1. The minimum Gasteiger partial charge on any atom is -0.388 e. The second kappa shape index (κ2) is 10.4. The number of nitrogens with zero attached hydrogens (tertiary/aromatic N) is 5. The largest absolute Gasteiger partial charge is 0.388 e. The molecular weight excluding hydrogens is 502 g/mol. The normalized spacial score (nSPS) is 25.4. The Balaban J connectivity index is 1.03. The summed E-state index contributed by atoms with van der Waals surface area (Å²) in [6.07, 6.45) is 7.38. The van der Waals surface area contributed by atoms with Crippen LogP contribution in [0.5, 0.6) is 0 Å². The van der Waals surface area contributed by atoms with Gasteiger partial charge in [-0.3, -0.25) is 4.90 Å². The topological polar surface area (TPSA) is 118 Å². The zero-order chi connectivity index (χ0) is 28.2. The van der Waals surface area contributed by atoms with Crippen molar-refractivity contribution in [3.05, 3.63) is 48.2 Å². The molecule has 3 aromatic heterocycles. The number of aliphatic hydroxyl groups excluding tert-OH is 1. The van der Waals surface area contributed by atoms with Crippen LogP contribution in [0.15, 0.2) is 36.8 Å². The van der Waals surface area contributed by atoms with E-state index < -0.39 is 12.3 Å². The van der Waals surface area contributed by atoms with Gasteiger partial charge in [0.1, 0.15) is 29.7 Å². The Morgan fingerprint density at radius 1 is 1.18 bits per heavy atom. The second-order valence-electron chi connectivity index (χ2n) is 13.2. The molecule has 3 atom stereocenters. The van der Waals surface area contributed by atoms with Crippen molar-refractivity contribution < 1.29 is 9.84 Å². The van der Waals surface area contributed by atoms with E-state index in [4.69, 9.17) is 15.5 Å². The summed E-state index contributed by atoms with van der Waals surface area (Å²) >= 11 is 0. The first-order valence-electron chi connectivity index (χ1n) is 14.7. The smallest absolute Gasteiger partial charge is 0.161 e. The Morgan fingerprint density at radius 3 is 2.73 bits per heavy atom. The van der Waals surface area contributed by atoms with Gasteiger partial charge in [-0.1, -0.05) is 26.8 Å². The summed E-state index contributed by atoms with van der Waals surface area (Å²) in [6.45, 7) is 12.1. The van der Waals surface area contributed by atoms with Gasteiger partial charge in [-0.15, -0.1) is 0 Å². The molecule has 1 aliphatic heterocycles. The van der Waals surface area contributed by atoms with Crippen molar-refractivity contribution >= 4 is 27.9 Å².